The highest BCUT2D eigenvalue weighted by Gasteiger charge is 2.09. The van der Waals surface area contributed by atoms with Gasteiger partial charge in [-0.2, -0.15) is 0 Å². The number of carbonyl (C=O) groups excluding carboxylic acids is 1. The molecule has 106 valence electrons. The molecule has 0 heterocycles. The largest absolute Gasteiger partial charge is 0.478 e. The minimum atomic E-state index is -1.09. The number of carbonyl (C=O) groups is 2. The first-order chi connectivity index (χ1) is 10.1. The number of nitrogen functional groups attached to an aromatic ring is 1. The van der Waals surface area contributed by atoms with Crippen molar-refractivity contribution in [2.75, 3.05) is 11.1 Å². The second-order valence-electron chi connectivity index (χ2n) is 4.34. The standard InChI is InChI=1S/C16H14N2O3/c17-12-8-5-11(6-9-12)7-10-15(19)18-14-4-2-1-3-13(14)16(20)21/h1-10H,17H2,(H,18,19)(H,20,21)/b10-7+. The Balaban J connectivity index is 2.08. The number of amides is 1. The van der Waals surface area contributed by atoms with Crippen molar-refractivity contribution in [1.82, 2.24) is 0 Å². The lowest BCUT2D eigenvalue weighted by Crippen LogP contribution is -2.11. The summed E-state index contributed by atoms with van der Waals surface area (Å²) in [5, 5.41) is 11.6. The predicted molar refractivity (Wildman–Crippen MR) is 81.9 cm³/mol. The molecule has 1 amide bonds. The number of hydrogen-bond donors (Lipinski definition) is 3. The van der Waals surface area contributed by atoms with Gasteiger partial charge in [-0.25, -0.2) is 4.79 Å². The van der Waals surface area contributed by atoms with Crippen LogP contribution in [-0.2, 0) is 4.79 Å². The molecule has 0 aliphatic heterocycles. The number of aromatic carboxylic acids is 1. The average Bonchev–Trinajstić information content (AvgIpc) is 2.47. The van der Waals surface area contributed by atoms with Crippen LogP contribution in [0.15, 0.2) is 54.6 Å². The average molecular weight is 282 g/mol. The Morgan fingerprint density at radius 3 is 2.38 bits per heavy atom. The number of nitrogens with two attached hydrogens (primary N) is 1. The third-order valence-electron chi connectivity index (χ3n) is 2.78. The zero-order valence-electron chi connectivity index (χ0n) is 11.1. The molecule has 4 N–H and O–H groups in total. The molecule has 0 fully saturated rings. The van der Waals surface area contributed by atoms with Gasteiger partial charge in [0.1, 0.15) is 0 Å². The molecule has 0 aliphatic rings. The monoisotopic (exact) mass is 282 g/mol. The maximum absolute atomic E-state index is 11.8. The van der Waals surface area contributed by atoms with Crippen molar-refractivity contribution >= 4 is 29.3 Å². The van der Waals surface area contributed by atoms with Crippen molar-refractivity contribution in [3.8, 4) is 0 Å². The Kier molecular flexibility index (Phi) is 4.36. The Morgan fingerprint density at radius 2 is 1.71 bits per heavy atom. The molecule has 0 atom stereocenters. The van der Waals surface area contributed by atoms with Crippen LogP contribution >= 0.6 is 0 Å². The number of carboxylic acid groups (broad SMARTS) is 1. The van der Waals surface area contributed by atoms with Crippen molar-refractivity contribution in [3.63, 3.8) is 0 Å². The van der Waals surface area contributed by atoms with Gasteiger partial charge in [-0.1, -0.05) is 24.3 Å². The number of para-hydroxylation sites is 1. The molecule has 2 rings (SSSR count). The highest BCUT2D eigenvalue weighted by atomic mass is 16.4. The maximum Gasteiger partial charge on any atom is 0.337 e. The van der Waals surface area contributed by atoms with E-state index in [1.54, 1.807) is 48.5 Å². The molecule has 5 nitrogen and oxygen atoms in total. The van der Waals surface area contributed by atoms with Gasteiger partial charge in [-0.3, -0.25) is 4.79 Å². The lowest BCUT2D eigenvalue weighted by atomic mass is 10.1. The summed E-state index contributed by atoms with van der Waals surface area (Å²) in [4.78, 5) is 22.8. The van der Waals surface area contributed by atoms with Crippen molar-refractivity contribution in [3.05, 3.63) is 65.7 Å². The zero-order chi connectivity index (χ0) is 15.2. The van der Waals surface area contributed by atoms with Crippen LogP contribution in [0.5, 0.6) is 0 Å². The first kappa shape index (κ1) is 14.3. The van der Waals surface area contributed by atoms with E-state index in [1.165, 1.54) is 12.1 Å². The van der Waals surface area contributed by atoms with E-state index in [0.29, 0.717) is 5.69 Å². The van der Waals surface area contributed by atoms with E-state index in [9.17, 15) is 9.59 Å². The van der Waals surface area contributed by atoms with Gasteiger partial charge in [-0.15, -0.1) is 0 Å². The minimum Gasteiger partial charge on any atom is -0.478 e. The van der Waals surface area contributed by atoms with Crippen LogP contribution in [-0.4, -0.2) is 17.0 Å². The molecule has 0 unspecified atom stereocenters. The quantitative estimate of drug-likeness (QED) is 0.593. The third-order valence-corrected chi connectivity index (χ3v) is 2.78. The fourth-order valence-corrected chi connectivity index (χ4v) is 1.73. The summed E-state index contributed by atoms with van der Waals surface area (Å²) in [7, 11) is 0. The van der Waals surface area contributed by atoms with Crippen LogP contribution in [0.25, 0.3) is 6.08 Å². The molecule has 0 radical (unpaired) electrons. The Morgan fingerprint density at radius 1 is 1.05 bits per heavy atom. The summed E-state index contributed by atoms with van der Waals surface area (Å²) in [5.41, 5.74) is 7.35. The first-order valence-electron chi connectivity index (χ1n) is 6.23. The van der Waals surface area contributed by atoms with Crippen LogP contribution in [0.3, 0.4) is 0 Å². The molecule has 0 saturated heterocycles. The number of anilines is 2. The summed E-state index contributed by atoms with van der Waals surface area (Å²) < 4.78 is 0. The van der Waals surface area contributed by atoms with Crippen LogP contribution in [0.1, 0.15) is 15.9 Å². The van der Waals surface area contributed by atoms with Crippen LogP contribution in [0.2, 0.25) is 0 Å². The first-order valence-corrected chi connectivity index (χ1v) is 6.23. The second-order valence-corrected chi connectivity index (χ2v) is 4.34. The highest BCUT2D eigenvalue weighted by molar-refractivity contribution is 6.06. The summed E-state index contributed by atoms with van der Waals surface area (Å²) in [5.74, 6) is -1.49. The molecule has 0 bridgehead atoms. The van der Waals surface area contributed by atoms with Crippen LogP contribution < -0.4 is 11.1 Å². The van der Waals surface area contributed by atoms with E-state index in [4.69, 9.17) is 10.8 Å². The fraction of sp³-hybridized carbons (Fsp3) is 0. The molecular formula is C16H14N2O3. The Hall–Kier alpha value is -3.08. The van der Waals surface area contributed by atoms with Crippen LogP contribution in [0, 0.1) is 0 Å². The van der Waals surface area contributed by atoms with Crippen molar-refractivity contribution in [1.29, 1.82) is 0 Å². The van der Waals surface area contributed by atoms with Gasteiger partial charge < -0.3 is 16.2 Å². The van der Waals surface area contributed by atoms with Gasteiger partial charge >= 0.3 is 5.97 Å². The molecule has 0 spiro atoms. The summed E-state index contributed by atoms with van der Waals surface area (Å²) >= 11 is 0. The number of benzene rings is 2. The summed E-state index contributed by atoms with van der Waals surface area (Å²) in [6, 6.07) is 13.3. The van der Waals surface area contributed by atoms with Gasteiger partial charge in [-0.05, 0) is 35.9 Å². The van der Waals surface area contributed by atoms with E-state index < -0.39 is 11.9 Å². The number of hydrogen-bond acceptors (Lipinski definition) is 3. The van der Waals surface area contributed by atoms with Gasteiger partial charge in [0.05, 0.1) is 11.3 Å². The molecule has 0 aromatic heterocycles. The SMILES string of the molecule is Nc1ccc(/C=C/C(=O)Nc2ccccc2C(=O)O)cc1. The van der Waals surface area contributed by atoms with E-state index in [1.807, 2.05) is 0 Å². The molecular weight excluding hydrogens is 268 g/mol. The minimum absolute atomic E-state index is 0.0479. The number of nitrogens with one attached hydrogen (secondary N) is 1. The van der Waals surface area contributed by atoms with Crippen LogP contribution in [0.4, 0.5) is 11.4 Å². The van der Waals surface area contributed by atoms with Gasteiger partial charge in [0, 0.05) is 11.8 Å². The molecule has 2 aromatic carbocycles. The van der Waals surface area contributed by atoms with Gasteiger partial charge in [0.25, 0.3) is 0 Å². The predicted octanol–water partition coefficient (Wildman–Crippen LogP) is 2.62. The zero-order valence-corrected chi connectivity index (χ0v) is 11.1. The molecule has 21 heavy (non-hydrogen) atoms. The summed E-state index contributed by atoms with van der Waals surface area (Å²) in [6.45, 7) is 0. The van der Waals surface area contributed by atoms with Gasteiger partial charge in [0.2, 0.25) is 5.91 Å². The van der Waals surface area contributed by atoms with Gasteiger partial charge in [0.15, 0.2) is 0 Å². The van der Waals surface area contributed by atoms with E-state index in [2.05, 4.69) is 5.32 Å². The van der Waals surface area contributed by atoms with E-state index >= 15 is 0 Å². The van der Waals surface area contributed by atoms with Crippen molar-refractivity contribution < 1.29 is 14.7 Å². The van der Waals surface area contributed by atoms with Crippen molar-refractivity contribution in [2.45, 2.75) is 0 Å². The smallest absolute Gasteiger partial charge is 0.337 e. The Bertz CT molecular complexity index is 691. The normalized spacial score (nSPS) is 10.5. The number of carboxylic acids is 1. The number of rotatable bonds is 4. The third kappa shape index (κ3) is 3.94. The van der Waals surface area contributed by atoms with E-state index in [0.717, 1.165) is 5.56 Å². The molecule has 2 aromatic rings. The lowest BCUT2D eigenvalue weighted by Gasteiger charge is -2.05. The Labute approximate surface area is 121 Å². The molecule has 5 heteroatoms. The van der Waals surface area contributed by atoms with E-state index in [-0.39, 0.29) is 11.3 Å². The topological polar surface area (TPSA) is 92.4 Å². The molecule has 0 saturated carbocycles. The summed E-state index contributed by atoms with van der Waals surface area (Å²) in [6.07, 6.45) is 2.96. The fourth-order valence-electron chi connectivity index (χ4n) is 1.73. The second kappa shape index (κ2) is 6.38. The molecule has 0 aliphatic carbocycles. The van der Waals surface area contributed by atoms with Crippen molar-refractivity contribution in [2.24, 2.45) is 0 Å². The highest BCUT2D eigenvalue weighted by Crippen LogP contribution is 2.15. The lowest BCUT2D eigenvalue weighted by molar-refractivity contribution is -0.111. The maximum atomic E-state index is 11.8.